The molecule has 1 saturated heterocycles. The lowest BCUT2D eigenvalue weighted by molar-refractivity contribution is -0.179. The molecule has 5 nitrogen and oxygen atoms in total. The molecule has 0 saturated carbocycles. The van der Waals surface area contributed by atoms with Gasteiger partial charge in [0.1, 0.15) is 18.0 Å². The molecule has 0 radical (unpaired) electrons. The molecule has 2 aliphatic rings. The van der Waals surface area contributed by atoms with Gasteiger partial charge in [0.15, 0.2) is 0 Å². The molecule has 1 aliphatic carbocycles. The average Bonchev–Trinajstić information content (AvgIpc) is 3.31. The maximum Gasteiger partial charge on any atom is 0.118 e. The number of methoxy groups -OCH3 is 1. The van der Waals surface area contributed by atoms with Gasteiger partial charge in [-0.1, -0.05) is 31.5 Å². The SMILES string of the molecule is CCCCc1c([C@@H]2O[C@H](CO)C[C@H](O)C2O)cc(Cc2ccc(OC)cc2)c2c1CCC2. The molecule has 174 valence electrons. The van der Waals surface area contributed by atoms with E-state index in [0.29, 0.717) is 0 Å². The van der Waals surface area contributed by atoms with Crippen molar-refractivity contribution >= 4 is 0 Å². The number of fused-ring (bicyclic) bond motifs is 1. The van der Waals surface area contributed by atoms with Crippen LogP contribution < -0.4 is 4.74 Å². The summed E-state index contributed by atoms with van der Waals surface area (Å²) in [6.07, 6.45) is 4.47. The van der Waals surface area contributed by atoms with Crippen LogP contribution in [0.1, 0.15) is 72.1 Å². The number of rotatable bonds is 8. The highest BCUT2D eigenvalue weighted by molar-refractivity contribution is 5.51. The second-order valence-electron chi connectivity index (χ2n) is 9.20. The summed E-state index contributed by atoms with van der Waals surface area (Å²) < 4.78 is 11.4. The number of unbranched alkanes of at least 4 members (excludes halogenated alkanes) is 1. The van der Waals surface area contributed by atoms with Crippen molar-refractivity contribution in [2.75, 3.05) is 13.7 Å². The monoisotopic (exact) mass is 440 g/mol. The second-order valence-corrected chi connectivity index (χ2v) is 9.20. The molecule has 1 aliphatic heterocycles. The predicted octanol–water partition coefficient (Wildman–Crippen LogP) is 3.66. The standard InChI is InChI=1S/C27H36O5/c1-3-4-6-23-22-8-5-7-21(22)18(13-17-9-11-19(31-2)12-10-17)14-24(23)27-26(30)25(29)15-20(16-28)32-27/h9-12,14,20,25-30H,3-8,13,15-16H2,1-2H3/t20-,25-,26?,27-/m0/s1. The number of aliphatic hydroxyl groups excluding tert-OH is 3. The Kier molecular flexibility index (Phi) is 7.51. The van der Waals surface area contributed by atoms with Gasteiger partial charge in [0.25, 0.3) is 0 Å². The van der Waals surface area contributed by atoms with Gasteiger partial charge in [-0.15, -0.1) is 0 Å². The molecule has 1 unspecified atom stereocenters. The van der Waals surface area contributed by atoms with Crippen LogP contribution in [0, 0.1) is 0 Å². The summed E-state index contributed by atoms with van der Waals surface area (Å²) in [6.45, 7) is 2.03. The van der Waals surface area contributed by atoms with Crippen LogP contribution in [0.2, 0.25) is 0 Å². The minimum atomic E-state index is -0.994. The second kappa shape index (κ2) is 10.3. The van der Waals surface area contributed by atoms with Crippen LogP contribution in [-0.2, 0) is 30.4 Å². The highest BCUT2D eigenvalue weighted by atomic mass is 16.5. The van der Waals surface area contributed by atoms with Crippen LogP contribution in [0.5, 0.6) is 5.75 Å². The summed E-state index contributed by atoms with van der Waals surface area (Å²) in [5.74, 6) is 0.845. The number of ether oxygens (including phenoxy) is 2. The topological polar surface area (TPSA) is 79.2 Å². The Morgan fingerprint density at radius 2 is 1.84 bits per heavy atom. The van der Waals surface area contributed by atoms with Crippen LogP contribution in [-0.4, -0.2) is 47.3 Å². The molecule has 0 aromatic heterocycles. The van der Waals surface area contributed by atoms with Crippen molar-refractivity contribution in [2.24, 2.45) is 0 Å². The summed E-state index contributed by atoms with van der Waals surface area (Å²) in [5.41, 5.74) is 7.62. The van der Waals surface area contributed by atoms with E-state index in [4.69, 9.17) is 9.47 Å². The molecule has 4 atom stereocenters. The van der Waals surface area contributed by atoms with Gasteiger partial charge < -0.3 is 24.8 Å². The first-order chi connectivity index (χ1) is 15.5. The first-order valence-corrected chi connectivity index (χ1v) is 12.0. The van der Waals surface area contributed by atoms with Crippen LogP contribution in [0.3, 0.4) is 0 Å². The Bertz CT molecular complexity index is 907. The van der Waals surface area contributed by atoms with Crippen LogP contribution in [0.25, 0.3) is 0 Å². The third-order valence-electron chi connectivity index (χ3n) is 7.04. The minimum Gasteiger partial charge on any atom is -0.497 e. The van der Waals surface area contributed by atoms with Crippen molar-refractivity contribution in [3.63, 3.8) is 0 Å². The molecule has 32 heavy (non-hydrogen) atoms. The fraction of sp³-hybridized carbons (Fsp3) is 0.556. The Morgan fingerprint density at radius 3 is 2.53 bits per heavy atom. The van der Waals surface area contributed by atoms with Gasteiger partial charge in [-0.05, 0) is 84.0 Å². The van der Waals surface area contributed by atoms with Crippen molar-refractivity contribution in [1.29, 1.82) is 0 Å². The van der Waals surface area contributed by atoms with Crippen molar-refractivity contribution in [2.45, 2.75) is 82.7 Å². The first-order valence-electron chi connectivity index (χ1n) is 12.0. The van der Waals surface area contributed by atoms with Gasteiger partial charge in [-0.25, -0.2) is 0 Å². The summed E-state index contributed by atoms with van der Waals surface area (Å²) in [6, 6.07) is 10.4. The van der Waals surface area contributed by atoms with Crippen LogP contribution in [0.4, 0.5) is 0 Å². The molecule has 4 rings (SSSR count). The Hall–Kier alpha value is -1.92. The van der Waals surface area contributed by atoms with Crippen molar-refractivity contribution in [3.05, 3.63) is 63.7 Å². The summed E-state index contributed by atoms with van der Waals surface area (Å²) in [4.78, 5) is 0. The minimum absolute atomic E-state index is 0.159. The van der Waals surface area contributed by atoms with E-state index in [9.17, 15) is 15.3 Å². The fourth-order valence-corrected chi connectivity index (χ4v) is 5.32. The third-order valence-corrected chi connectivity index (χ3v) is 7.04. The average molecular weight is 441 g/mol. The van der Waals surface area contributed by atoms with Crippen molar-refractivity contribution < 1.29 is 24.8 Å². The van der Waals surface area contributed by atoms with E-state index in [0.717, 1.165) is 56.3 Å². The number of hydrogen-bond acceptors (Lipinski definition) is 5. The quantitative estimate of drug-likeness (QED) is 0.584. The largest absolute Gasteiger partial charge is 0.497 e. The maximum absolute atomic E-state index is 10.9. The molecular formula is C27H36O5. The predicted molar refractivity (Wildman–Crippen MR) is 124 cm³/mol. The highest BCUT2D eigenvalue weighted by Crippen LogP contribution is 2.40. The Labute approximate surface area is 191 Å². The van der Waals surface area contributed by atoms with Crippen molar-refractivity contribution in [3.8, 4) is 5.75 Å². The molecular weight excluding hydrogens is 404 g/mol. The molecule has 1 heterocycles. The molecule has 0 amide bonds. The molecule has 0 bridgehead atoms. The van der Waals surface area contributed by atoms with Crippen LogP contribution in [0.15, 0.2) is 30.3 Å². The lowest BCUT2D eigenvalue weighted by atomic mass is 9.83. The molecule has 3 N–H and O–H groups in total. The number of aliphatic hydroxyl groups is 3. The number of hydrogen-bond donors (Lipinski definition) is 3. The molecule has 2 aromatic rings. The highest BCUT2D eigenvalue weighted by Gasteiger charge is 2.39. The van der Waals surface area contributed by atoms with E-state index >= 15 is 0 Å². The van der Waals surface area contributed by atoms with Gasteiger partial charge in [0.05, 0.1) is 25.9 Å². The van der Waals surface area contributed by atoms with E-state index < -0.39 is 24.4 Å². The third kappa shape index (κ3) is 4.72. The maximum atomic E-state index is 10.9. The van der Waals surface area contributed by atoms with E-state index in [1.165, 1.54) is 27.8 Å². The zero-order valence-electron chi connectivity index (χ0n) is 19.2. The van der Waals surface area contributed by atoms with Gasteiger partial charge >= 0.3 is 0 Å². The van der Waals surface area contributed by atoms with Crippen molar-refractivity contribution in [1.82, 2.24) is 0 Å². The number of benzene rings is 2. The van der Waals surface area contributed by atoms with E-state index in [-0.39, 0.29) is 13.0 Å². The summed E-state index contributed by atoms with van der Waals surface area (Å²) in [7, 11) is 1.67. The van der Waals surface area contributed by atoms with E-state index in [2.05, 4.69) is 25.1 Å². The molecule has 1 fully saturated rings. The summed E-state index contributed by atoms with van der Waals surface area (Å²) in [5, 5.41) is 31.0. The normalized spacial score (nSPS) is 25.0. The fourth-order valence-electron chi connectivity index (χ4n) is 5.32. The Morgan fingerprint density at radius 1 is 1.09 bits per heavy atom. The van der Waals surface area contributed by atoms with Gasteiger partial charge in [0.2, 0.25) is 0 Å². The zero-order valence-corrected chi connectivity index (χ0v) is 19.2. The zero-order chi connectivity index (χ0) is 22.7. The summed E-state index contributed by atoms with van der Waals surface area (Å²) >= 11 is 0. The van der Waals surface area contributed by atoms with E-state index in [1.807, 2.05) is 12.1 Å². The van der Waals surface area contributed by atoms with Gasteiger partial charge in [0, 0.05) is 6.42 Å². The molecule has 5 heteroatoms. The first kappa shape index (κ1) is 23.2. The van der Waals surface area contributed by atoms with Crippen LogP contribution >= 0.6 is 0 Å². The Balaban J connectivity index is 1.77. The lowest BCUT2D eigenvalue weighted by Crippen LogP contribution is -2.45. The lowest BCUT2D eigenvalue weighted by Gasteiger charge is -2.38. The van der Waals surface area contributed by atoms with Gasteiger partial charge in [-0.2, -0.15) is 0 Å². The van der Waals surface area contributed by atoms with E-state index in [1.54, 1.807) is 7.11 Å². The van der Waals surface area contributed by atoms with Gasteiger partial charge in [-0.3, -0.25) is 0 Å². The smallest absolute Gasteiger partial charge is 0.118 e. The molecule has 2 aromatic carbocycles. The molecule has 0 spiro atoms.